The van der Waals surface area contributed by atoms with Crippen LogP contribution in [0.1, 0.15) is 36.0 Å². The van der Waals surface area contributed by atoms with Crippen LogP contribution in [0.3, 0.4) is 0 Å². The van der Waals surface area contributed by atoms with Gasteiger partial charge in [-0.3, -0.25) is 9.59 Å². The number of rotatable bonds is 6. The molecule has 1 unspecified atom stereocenters. The van der Waals surface area contributed by atoms with Crippen LogP contribution < -0.4 is 10.1 Å². The normalized spacial score (nSPS) is 23.6. The highest BCUT2D eigenvalue weighted by atomic mass is 16.5. The summed E-state index contributed by atoms with van der Waals surface area (Å²) in [7, 11) is 1.54. The summed E-state index contributed by atoms with van der Waals surface area (Å²) in [6.07, 6.45) is 5.38. The fourth-order valence-corrected chi connectivity index (χ4v) is 3.81. The number of ether oxygens (including phenoxy) is 2. The first-order valence-electron chi connectivity index (χ1n) is 9.27. The molecule has 2 saturated heterocycles. The first-order valence-corrected chi connectivity index (χ1v) is 9.27. The number of pyridine rings is 1. The van der Waals surface area contributed by atoms with Crippen LogP contribution in [0.25, 0.3) is 0 Å². The molecule has 2 amide bonds. The number of likely N-dealkylation sites (tertiary alicyclic amines) is 1. The maximum absolute atomic E-state index is 12.5. The predicted octanol–water partition coefficient (Wildman–Crippen LogP) is 1.24. The van der Waals surface area contributed by atoms with Crippen LogP contribution >= 0.6 is 0 Å². The summed E-state index contributed by atoms with van der Waals surface area (Å²) in [5.74, 6) is 1.51. The fraction of sp³-hybridized carbons (Fsp3) is 0.632. The second-order valence-electron chi connectivity index (χ2n) is 7.77. The molecule has 3 fully saturated rings. The number of carbonyl (C=O) groups is 2. The molecule has 1 aromatic rings. The first-order chi connectivity index (χ1) is 12.6. The minimum absolute atomic E-state index is 0.0417. The van der Waals surface area contributed by atoms with Gasteiger partial charge in [0.25, 0.3) is 5.91 Å². The molecule has 7 heteroatoms. The Hall–Kier alpha value is -2.15. The predicted molar refractivity (Wildman–Crippen MR) is 93.8 cm³/mol. The zero-order chi connectivity index (χ0) is 18.1. The van der Waals surface area contributed by atoms with Gasteiger partial charge in [-0.2, -0.15) is 0 Å². The lowest BCUT2D eigenvalue weighted by Crippen LogP contribution is -2.63. The molecular formula is C19H25N3O4. The Kier molecular flexibility index (Phi) is 4.56. The third-order valence-corrected chi connectivity index (χ3v) is 5.48. The second kappa shape index (κ2) is 6.87. The number of methoxy groups -OCH3 is 1. The molecule has 0 bridgehead atoms. The molecule has 4 rings (SSSR count). The van der Waals surface area contributed by atoms with Crippen molar-refractivity contribution in [2.24, 2.45) is 11.8 Å². The van der Waals surface area contributed by atoms with E-state index in [0.29, 0.717) is 43.5 Å². The van der Waals surface area contributed by atoms with E-state index >= 15 is 0 Å². The Bertz CT molecular complexity index is 681. The van der Waals surface area contributed by atoms with Crippen LogP contribution in [0.5, 0.6) is 5.88 Å². The van der Waals surface area contributed by atoms with Crippen molar-refractivity contribution in [2.75, 3.05) is 33.4 Å². The molecule has 1 aliphatic carbocycles. The average Bonchev–Trinajstić information content (AvgIpc) is 3.37. The van der Waals surface area contributed by atoms with Gasteiger partial charge in [0.1, 0.15) is 5.60 Å². The monoisotopic (exact) mass is 359 g/mol. The lowest BCUT2D eigenvalue weighted by Gasteiger charge is -2.47. The molecule has 1 saturated carbocycles. The van der Waals surface area contributed by atoms with E-state index in [2.05, 4.69) is 10.3 Å². The van der Waals surface area contributed by atoms with Crippen molar-refractivity contribution in [3.8, 4) is 5.88 Å². The van der Waals surface area contributed by atoms with Gasteiger partial charge in [0, 0.05) is 25.2 Å². The molecule has 0 radical (unpaired) electrons. The van der Waals surface area contributed by atoms with Crippen molar-refractivity contribution < 1.29 is 19.1 Å². The highest BCUT2D eigenvalue weighted by molar-refractivity contribution is 5.94. The van der Waals surface area contributed by atoms with Gasteiger partial charge in [0.05, 0.1) is 32.4 Å². The lowest BCUT2D eigenvalue weighted by atomic mass is 9.85. The summed E-state index contributed by atoms with van der Waals surface area (Å²) in [5, 5.41) is 3.02. The Morgan fingerprint density at radius 3 is 2.81 bits per heavy atom. The zero-order valence-corrected chi connectivity index (χ0v) is 15.1. The van der Waals surface area contributed by atoms with Gasteiger partial charge in [0.15, 0.2) is 0 Å². The van der Waals surface area contributed by atoms with E-state index < -0.39 is 0 Å². The molecule has 3 aliphatic rings. The third-order valence-electron chi connectivity index (χ3n) is 5.48. The summed E-state index contributed by atoms with van der Waals surface area (Å²) < 4.78 is 11.0. The number of carbonyl (C=O) groups excluding carboxylic acids is 2. The van der Waals surface area contributed by atoms with Crippen molar-refractivity contribution in [1.82, 2.24) is 15.2 Å². The van der Waals surface area contributed by atoms with Crippen LogP contribution in [0.2, 0.25) is 0 Å². The second-order valence-corrected chi connectivity index (χ2v) is 7.77. The number of amides is 2. The minimum atomic E-state index is -0.267. The van der Waals surface area contributed by atoms with Gasteiger partial charge >= 0.3 is 0 Å². The maximum atomic E-state index is 12.5. The van der Waals surface area contributed by atoms with Crippen LogP contribution in [0, 0.1) is 11.8 Å². The molecule has 7 nitrogen and oxygen atoms in total. The molecule has 1 spiro atoms. The summed E-state index contributed by atoms with van der Waals surface area (Å²) in [4.78, 5) is 30.4. The Morgan fingerprint density at radius 1 is 1.35 bits per heavy atom. The van der Waals surface area contributed by atoms with Crippen molar-refractivity contribution in [3.63, 3.8) is 0 Å². The number of aromatic nitrogens is 1. The SMILES string of the molecule is COc1ccc(C(=O)N2CC3(CC(CC(=O)NCC4CC4)CO3)C2)cn1. The van der Waals surface area contributed by atoms with Gasteiger partial charge in [-0.15, -0.1) is 0 Å². The van der Waals surface area contributed by atoms with Gasteiger partial charge in [0.2, 0.25) is 11.8 Å². The topological polar surface area (TPSA) is 80.8 Å². The molecule has 1 atom stereocenters. The highest BCUT2D eigenvalue weighted by Gasteiger charge is 2.51. The zero-order valence-electron chi connectivity index (χ0n) is 15.1. The maximum Gasteiger partial charge on any atom is 0.255 e. The molecular weight excluding hydrogens is 334 g/mol. The van der Waals surface area contributed by atoms with Crippen LogP contribution in [0.4, 0.5) is 0 Å². The molecule has 3 heterocycles. The van der Waals surface area contributed by atoms with Gasteiger partial charge < -0.3 is 19.7 Å². The van der Waals surface area contributed by atoms with E-state index in [-0.39, 0.29) is 23.3 Å². The Morgan fingerprint density at radius 2 is 2.15 bits per heavy atom. The first kappa shape index (κ1) is 17.3. The quantitative estimate of drug-likeness (QED) is 0.826. The molecule has 26 heavy (non-hydrogen) atoms. The van der Waals surface area contributed by atoms with Crippen LogP contribution in [-0.2, 0) is 9.53 Å². The van der Waals surface area contributed by atoms with E-state index in [4.69, 9.17) is 9.47 Å². The van der Waals surface area contributed by atoms with Gasteiger partial charge in [-0.05, 0) is 37.2 Å². The van der Waals surface area contributed by atoms with Crippen molar-refractivity contribution in [2.45, 2.75) is 31.3 Å². The Labute approximate surface area is 153 Å². The van der Waals surface area contributed by atoms with Crippen LogP contribution in [-0.4, -0.2) is 60.7 Å². The molecule has 0 aromatic carbocycles. The van der Waals surface area contributed by atoms with E-state index in [1.165, 1.54) is 19.0 Å². The number of hydrogen-bond donors (Lipinski definition) is 1. The molecule has 1 N–H and O–H groups in total. The van der Waals surface area contributed by atoms with Crippen molar-refractivity contribution >= 4 is 11.8 Å². The van der Waals surface area contributed by atoms with Gasteiger partial charge in [-0.25, -0.2) is 4.98 Å². The minimum Gasteiger partial charge on any atom is -0.481 e. The summed E-state index contributed by atoms with van der Waals surface area (Å²) in [6.45, 7) is 2.58. The standard InChI is InChI=1S/C19H25N3O4/c1-25-17-5-4-15(9-21-17)18(24)22-11-19(12-22)7-14(10-26-19)6-16(23)20-8-13-2-3-13/h4-5,9,13-14H,2-3,6-8,10-12H2,1H3,(H,20,23). The fourth-order valence-electron chi connectivity index (χ4n) is 3.81. The summed E-state index contributed by atoms with van der Waals surface area (Å²) in [5.41, 5.74) is 0.284. The summed E-state index contributed by atoms with van der Waals surface area (Å²) >= 11 is 0. The molecule has 1 aromatic heterocycles. The van der Waals surface area contributed by atoms with Crippen molar-refractivity contribution in [3.05, 3.63) is 23.9 Å². The molecule has 140 valence electrons. The number of hydrogen-bond acceptors (Lipinski definition) is 5. The third kappa shape index (κ3) is 3.67. The molecule has 2 aliphatic heterocycles. The lowest BCUT2D eigenvalue weighted by molar-refractivity contribution is -0.122. The van der Waals surface area contributed by atoms with E-state index in [1.807, 2.05) is 0 Å². The van der Waals surface area contributed by atoms with E-state index in [1.54, 1.807) is 24.1 Å². The Balaban J connectivity index is 1.24. The highest BCUT2D eigenvalue weighted by Crippen LogP contribution is 2.39. The largest absolute Gasteiger partial charge is 0.481 e. The summed E-state index contributed by atoms with van der Waals surface area (Å²) in [6, 6.07) is 3.41. The average molecular weight is 359 g/mol. The van der Waals surface area contributed by atoms with Gasteiger partial charge in [-0.1, -0.05) is 0 Å². The number of nitrogens with one attached hydrogen (secondary N) is 1. The van der Waals surface area contributed by atoms with Crippen molar-refractivity contribution in [1.29, 1.82) is 0 Å². The van der Waals surface area contributed by atoms with E-state index in [0.717, 1.165) is 13.0 Å². The smallest absolute Gasteiger partial charge is 0.255 e. The number of nitrogens with zero attached hydrogens (tertiary/aromatic N) is 2. The van der Waals surface area contributed by atoms with E-state index in [9.17, 15) is 9.59 Å². The van der Waals surface area contributed by atoms with Crippen LogP contribution in [0.15, 0.2) is 18.3 Å².